The third kappa shape index (κ3) is 4.92. The Hall–Kier alpha value is -1.65. The minimum absolute atomic E-state index is 0.0789. The van der Waals surface area contributed by atoms with E-state index in [1.165, 1.54) is 0 Å². The van der Waals surface area contributed by atoms with Gasteiger partial charge in [0.25, 0.3) is 0 Å². The number of sulfonamides is 1. The van der Waals surface area contributed by atoms with Crippen molar-refractivity contribution in [1.82, 2.24) is 14.5 Å². The van der Waals surface area contributed by atoms with E-state index in [0.29, 0.717) is 18.0 Å². The van der Waals surface area contributed by atoms with Crippen LogP contribution in [-0.4, -0.2) is 29.0 Å². The van der Waals surface area contributed by atoms with E-state index < -0.39 is 49.2 Å². The summed E-state index contributed by atoms with van der Waals surface area (Å²) in [4.78, 5) is -0.428. The molecular weight excluding hydrogens is 431 g/mol. The second-order valence-electron chi connectivity index (χ2n) is 7.94. The van der Waals surface area contributed by atoms with Gasteiger partial charge >= 0.3 is 6.18 Å². The maximum absolute atomic E-state index is 13.2. The van der Waals surface area contributed by atoms with Crippen molar-refractivity contribution in [3.63, 3.8) is 0 Å². The third-order valence-corrected chi connectivity index (χ3v) is 6.77. The van der Waals surface area contributed by atoms with Gasteiger partial charge in [0, 0.05) is 11.5 Å². The summed E-state index contributed by atoms with van der Waals surface area (Å²) >= 11 is 5.93. The first-order valence-corrected chi connectivity index (χ1v) is 10.6. The van der Waals surface area contributed by atoms with Gasteiger partial charge in [-0.25, -0.2) is 8.42 Å². The average molecular weight is 454 g/mol. The number of halogens is 4. The highest BCUT2D eigenvalue weighted by atomic mass is 35.5. The highest BCUT2D eigenvalue weighted by Crippen LogP contribution is 2.37. The predicted molar refractivity (Wildman–Crippen MR) is 102 cm³/mol. The standard InChI is InChI=1S/C18H23ClF3N3O3S/c1-10(2)25(11(3)15-23-24-16(28-15)17(4,5)6)29(26,27)14-8-7-12(9-13(14)19)18(20,21)22/h7-11H,1-6H3. The highest BCUT2D eigenvalue weighted by molar-refractivity contribution is 7.89. The molecule has 1 atom stereocenters. The van der Waals surface area contributed by atoms with Crippen molar-refractivity contribution >= 4 is 21.6 Å². The third-order valence-electron chi connectivity index (χ3n) is 4.14. The molecule has 1 unspecified atom stereocenters. The number of rotatable bonds is 5. The molecular formula is C18H23ClF3N3O3S. The number of benzene rings is 1. The Balaban J connectivity index is 2.50. The fourth-order valence-electron chi connectivity index (χ4n) is 2.75. The lowest BCUT2D eigenvalue weighted by molar-refractivity contribution is -0.137. The summed E-state index contributed by atoms with van der Waals surface area (Å²) in [7, 11) is -4.26. The zero-order chi connectivity index (χ0) is 22.4. The maximum atomic E-state index is 13.2. The molecule has 0 radical (unpaired) electrons. The SMILES string of the molecule is CC(C)N(C(C)c1nnc(C(C)(C)C)o1)S(=O)(=O)c1ccc(C(F)(F)F)cc1Cl. The van der Waals surface area contributed by atoms with Gasteiger partial charge < -0.3 is 4.42 Å². The zero-order valence-electron chi connectivity index (χ0n) is 16.9. The summed E-state index contributed by atoms with van der Waals surface area (Å²) in [5.74, 6) is 0.420. The van der Waals surface area contributed by atoms with E-state index in [2.05, 4.69) is 10.2 Å². The van der Waals surface area contributed by atoms with E-state index >= 15 is 0 Å². The first-order chi connectivity index (χ1) is 13.1. The van der Waals surface area contributed by atoms with Crippen LogP contribution in [0.5, 0.6) is 0 Å². The van der Waals surface area contributed by atoms with Crippen molar-refractivity contribution in [2.75, 3.05) is 0 Å². The molecule has 29 heavy (non-hydrogen) atoms. The molecule has 0 aliphatic rings. The minimum Gasteiger partial charge on any atom is -0.423 e. The molecule has 0 aliphatic heterocycles. The quantitative estimate of drug-likeness (QED) is 0.621. The van der Waals surface area contributed by atoms with Crippen LogP contribution in [0, 0.1) is 0 Å². The van der Waals surface area contributed by atoms with Crippen molar-refractivity contribution in [3.8, 4) is 0 Å². The zero-order valence-corrected chi connectivity index (χ0v) is 18.4. The van der Waals surface area contributed by atoms with E-state index in [1.54, 1.807) is 20.8 Å². The van der Waals surface area contributed by atoms with Gasteiger partial charge in [-0.1, -0.05) is 32.4 Å². The molecule has 1 aromatic heterocycles. The molecule has 0 saturated heterocycles. The number of aromatic nitrogens is 2. The Kier molecular flexibility index (Phi) is 6.42. The van der Waals surface area contributed by atoms with Gasteiger partial charge in [-0.15, -0.1) is 10.2 Å². The number of alkyl halides is 3. The monoisotopic (exact) mass is 453 g/mol. The molecule has 1 heterocycles. The molecule has 6 nitrogen and oxygen atoms in total. The number of nitrogens with zero attached hydrogens (tertiary/aromatic N) is 3. The van der Waals surface area contributed by atoms with Crippen LogP contribution in [0.3, 0.4) is 0 Å². The van der Waals surface area contributed by atoms with Crippen molar-refractivity contribution in [2.24, 2.45) is 0 Å². The Bertz CT molecular complexity index is 982. The molecule has 11 heteroatoms. The molecule has 0 spiro atoms. The van der Waals surface area contributed by atoms with E-state index in [9.17, 15) is 21.6 Å². The van der Waals surface area contributed by atoms with Crippen LogP contribution in [0.4, 0.5) is 13.2 Å². The minimum atomic E-state index is -4.63. The van der Waals surface area contributed by atoms with Crippen LogP contribution < -0.4 is 0 Å². The molecule has 0 saturated carbocycles. The number of hydrogen-bond acceptors (Lipinski definition) is 5. The van der Waals surface area contributed by atoms with Crippen LogP contribution in [0.1, 0.15) is 64.9 Å². The fraction of sp³-hybridized carbons (Fsp3) is 0.556. The topological polar surface area (TPSA) is 76.3 Å². The van der Waals surface area contributed by atoms with Crippen molar-refractivity contribution in [3.05, 3.63) is 40.6 Å². The summed E-state index contributed by atoms with van der Waals surface area (Å²) < 4.78 is 71.9. The first kappa shape index (κ1) is 23.6. The molecule has 1 aromatic carbocycles. The highest BCUT2D eigenvalue weighted by Gasteiger charge is 2.38. The molecule has 2 aromatic rings. The smallest absolute Gasteiger partial charge is 0.416 e. The van der Waals surface area contributed by atoms with Gasteiger partial charge in [0.1, 0.15) is 10.9 Å². The second kappa shape index (κ2) is 7.88. The Morgan fingerprint density at radius 2 is 1.69 bits per heavy atom. The second-order valence-corrected chi connectivity index (χ2v) is 10.2. The molecule has 0 fully saturated rings. The fourth-order valence-corrected chi connectivity index (χ4v) is 5.06. The molecule has 0 N–H and O–H groups in total. The lowest BCUT2D eigenvalue weighted by Crippen LogP contribution is -2.39. The summed E-state index contributed by atoms with van der Waals surface area (Å²) in [5.41, 5.74) is -1.46. The van der Waals surface area contributed by atoms with Gasteiger partial charge in [0.05, 0.1) is 10.6 Å². The molecule has 2 rings (SSSR count). The van der Waals surface area contributed by atoms with Crippen molar-refractivity contribution < 1.29 is 26.0 Å². The lowest BCUT2D eigenvalue weighted by atomic mass is 9.97. The summed E-state index contributed by atoms with van der Waals surface area (Å²) in [6.45, 7) is 10.4. The number of hydrogen-bond donors (Lipinski definition) is 0. The normalized spacial score (nSPS) is 14.6. The van der Waals surface area contributed by atoms with Gasteiger partial charge in [-0.3, -0.25) is 0 Å². The molecule has 0 aliphatic carbocycles. The van der Waals surface area contributed by atoms with Gasteiger partial charge in [-0.05, 0) is 39.0 Å². The lowest BCUT2D eigenvalue weighted by Gasteiger charge is -2.30. The predicted octanol–water partition coefficient (Wildman–Crippen LogP) is 5.20. The van der Waals surface area contributed by atoms with Crippen molar-refractivity contribution in [2.45, 2.75) is 70.1 Å². The summed E-state index contributed by atoms with van der Waals surface area (Å²) in [6.07, 6.45) is -4.63. The maximum Gasteiger partial charge on any atom is 0.416 e. The summed E-state index contributed by atoms with van der Waals surface area (Å²) in [6, 6.07) is 0.728. The van der Waals surface area contributed by atoms with Crippen LogP contribution in [-0.2, 0) is 21.6 Å². The van der Waals surface area contributed by atoms with Crippen LogP contribution in [0.25, 0.3) is 0 Å². The summed E-state index contributed by atoms with van der Waals surface area (Å²) in [5, 5.41) is 7.41. The Labute approximate surface area is 173 Å². The van der Waals surface area contributed by atoms with Gasteiger partial charge in [-0.2, -0.15) is 17.5 Å². The van der Waals surface area contributed by atoms with E-state index in [1.807, 2.05) is 20.8 Å². The van der Waals surface area contributed by atoms with Gasteiger partial charge in [0.2, 0.25) is 21.8 Å². The Morgan fingerprint density at radius 1 is 1.10 bits per heavy atom. The van der Waals surface area contributed by atoms with E-state index in [0.717, 1.165) is 10.4 Å². The average Bonchev–Trinajstić information content (AvgIpc) is 3.03. The van der Waals surface area contributed by atoms with E-state index in [-0.39, 0.29) is 5.89 Å². The molecule has 0 amide bonds. The van der Waals surface area contributed by atoms with Gasteiger partial charge in [0.15, 0.2) is 0 Å². The molecule has 0 bridgehead atoms. The van der Waals surface area contributed by atoms with Crippen molar-refractivity contribution in [1.29, 1.82) is 0 Å². The largest absolute Gasteiger partial charge is 0.423 e. The molecule has 162 valence electrons. The Morgan fingerprint density at radius 3 is 2.10 bits per heavy atom. The van der Waals surface area contributed by atoms with Crippen LogP contribution in [0.2, 0.25) is 5.02 Å². The van der Waals surface area contributed by atoms with Crippen LogP contribution in [0.15, 0.2) is 27.5 Å². The van der Waals surface area contributed by atoms with E-state index in [4.69, 9.17) is 16.0 Å². The van der Waals surface area contributed by atoms with Crippen LogP contribution >= 0.6 is 11.6 Å². The first-order valence-electron chi connectivity index (χ1n) is 8.81.